The third-order valence-electron chi connectivity index (χ3n) is 4.46. The van der Waals surface area contributed by atoms with Gasteiger partial charge >= 0.3 is 5.24 Å². The molecule has 1 amide bonds. The first kappa shape index (κ1) is 16.0. The molecule has 1 fully saturated rings. The highest BCUT2D eigenvalue weighted by atomic mass is 32.2. The van der Waals surface area contributed by atoms with Crippen LogP contribution in [0.25, 0.3) is 0 Å². The van der Waals surface area contributed by atoms with E-state index in [9.17, 15) is 4.79 Å². The highest BCUT2D eigenvalue weighted by Crippen LogP contribution is 2.28. The molecule has 0 aromatic carbocycles. The summed E-state index contributed by atoms with van der Waals surface area (Å²) in [5, 5.41) is 2.49. The number of carbonyl (C=O) groups is 1. The summed E-state index contributed by atoms with van der Waals surface area (Å²) < 4.78 is 0. The number of anilines is 1. The van der Waals surface area contributed by atoms with Crippen LogP contribution >= 0.6 is 23.1 Å². The van der Waals surface area contributed by atoms with Crippen molar-refractivity contribution in [3.63, 3.8) is 0 Å². The Hall–Kier alpha value is -0.850. The standard InChI is InChI=1S/C16H23N3OS2/c1-12-15(22-16(20)17-12)4-3-6-18-7-9-19(10-8-18)14-5-11-21-13(14)2/h5,11,15H,3-4,6-10H2,1-2H3. The minimum absolute atomic E-state index is 0.0118. The molecule has 1 saturated heterocycles. The molecule has 3 rings (SSSR count). The van der Waals surface area contributed by atoms with Crippen LogP contribution in [0.3, 0.4) is 0 Å². The van der Waals surface area contributed by atoms with Crippen molar-refractivity contribution in [1.29, 1.82) is 0 Å². The minimum atomic E-state index is -0.0118. The van der Waals surface area contributed by atoms with Gasteiger partial charge in [0.2, 0.25) is 0 Å². The molecule has 0 radical (unpaired) electrons. The van der Waals surface area contributed by atoms with Gasteiger partial charge < -0.3 is 4.90 Å². The van der Waals surface area contributed by atoms with Crippen LogP contribution in [-0.4, -0.2) is 53.8 Å². The van der Waals surface area contributed by atoms with Crippen molar-refractivity contribution >= 4 is 39.7 Å². The number of aliphatic imine (C=N–C) groups is 1. The molecule has 1 atom stereocenters. The zero-order valence-electron chi connectivity index (χ0n) is 13.2. The topological polar surface area (TPSA) is 35.9 Å². The van der Waals surface area contributed by atoms with E-state index >= 15 is 0 Å². The van der Waals surface area contributed by atoms with Crippen LogP contribution in [0.1, 0.15) is 24.6 Å². The molecule has 0 aliphatic carbocycles. The lowest BCUT2D eigenvalue weighted by Gasteiger charge is -2.36. The lowest BCUT2D eigenvalue weighted by Crippen LogP contribution is -2.46. The van der Waals surface area contributed by atoms with E-state index in [4.69, 9.17) is 0 Å². The van der Waals surface area contributed by atoms with E-state index in [1.165, 1.54) is 22.3 Å². The number of carbonyl (C=O) groups excluding carboxylic acids is 1. The van der Waals surface area contributed by atoms with E-state index in [0.717, 1.165) is 51.3 Å². The summed E-state index contributed by atoms with van der Waals surface area (Å²) in [7, 11) is 0. The van der Waals surface area contributed by atoms with E-state index < -0.39 is 0 Å². The SMILES string of the molecule is CC1=NC(=O)SC1CCCN1CCN(c2ccsc2C)CC1. The van der Waals surface area contributed by atoms with Gasteiger partial charge in [0, 0.05) is 36.8 Å². The van der Waals surface area contributed by atoms with Crippen LogP contribution < -0.4 is 4.90 Å². The highest BCUT2D eigenvalue weighted by molar-refractivity contribution is 8.15. The molecule has 0 saturated carbocycles. The van der Waals surface area contributed by atoms with Gasteiger partial charge in [-0.05, 0) is 44.7 Å². The number of piperazine rings is 1. The van der Waals surface area contributed by atoms with Gasteiger partial charge in [0.15, 0.2) is 0 Å². The summed E-state index contributed by atoms with van der Waals surface area (Å²) >= 11 is 3.22. The van der Waals surface area contributed by atoms with Crippen molar-refractivity contribution in [2.75, 3.05) is 37.6 Å². The van der Waals surface area contributed by atoms with Crippen LogP contribution in [0.4, 0.5) is 10.5 Å². The second-order valence-electron chi connectivity index (χ2n) is 5.96. The smallest absolute Gasteiger partial charge is 0.305 e. The number of thiophene rings is 1. The lowest BCUT2D eigenvalue weighted by molar-refractivity contribution is 0.254. The maximum absolute atomic E-state index is 11.3. The normalized spacial score (nSPS) is 23.2. The molecular weight excluding hydrogens is 314 g/mol. The van der Waals surface area contributed by atoms with E-state index in [0.29, 0.717) is 5.25 Å². The van der Waals surface area contributed by atoms with E-state index in [-0.39, 0.29) is 5.24 Å². The molecule has 2 aliphatic rings. The van der Waals surface area contributed by atoms with Crippen molar-refractivity contribution in [2.24, 2.45) is 4.99 Å². The maximum Gasteiger partial charge on any atom is 0.305 e. The summed E-state index contributed by atoms with van der Waals surface area (Å²) in [6.07, 6.45) is 2.21. The number of thioether (sulfide) groups is 1. The molecule has 22 heavy (non-hydrogen) atoms. The summed E-state index contributed by atoms with van der Waals surface area (Å²) in [5.41, 5.74) is 2.42. The summed E-state index contributed by atoms with van der Waals surface area (Å²) in [4.78, 5) is 21.7. The van der Waals surface area contributed by atoms with Crippen LogP contribution in [0.15, 0.2) is 16.4 Å². The molecule has 1 aromatic rings. The van der Waals surface area contributed by atoms with Gasteiger partial charge in [0.1, 0.15) is 0 Å². The second kappa shape index (κ2) is 7.15. The average molecular weight is 338 g/mol. The molecule has 0 N–H and O–H groups in total. The zero-order valence-corrected chi connectivity index (χ0v) is 14.9. The molecule has 0 spiro atoms. The van der Waals surface area contributed by atoms with Crippen molar-refractivity contribution in [3.05, 3.63) is 16.3 Å². The molecular formula is C16H23N3OS2. The Morgan fingerprint density at radius 1 is 1.27 bits per heavy atom. The quantitative estimate of drug-likeness (QED) is 0.821. The second-order valence-corrected chi connectivity index (χ2v) is 8.23. The van der Waals surface area contributed by atoms with E-state index in [1.54, 1.807) is 0 Å². The fourth-order valence-corrected chi connectivity index (χ4v) is 4.80. The molecule has 1 unspecified atom stereocenters. The van der Waals surface area contributed by atoms with Crippen molar-refractivity contribution in [1.82, 2.24) is 4.90 Å². The van der Waals surface area contributed by atoms with E-state index in [2.05, 4.69) is 33.2 Å². The first-order chi connectivity index (χ1) is 10.6. The van der Waals surface area contributed by atoms with Crippen molar-refractivity contribution in [3.8, 4) is 0 Å². The van der Waals surface area contributed by atoms with Gasteiger partial charge in [-0.15, -0.1) is 11.3 Å². The van der Waals surface area contributed by atoms with Crippen LogP contribution in [-0.2, 0) is 0 Å². The Labute approximate surface area is 140 Å². The predicted octanol–water partition coefficient (Wildman–Crippen LogP) is 3.66. The van der Waals surface area contributed by atoms with Crippen LogP contribution in [0.2, 0.25) is 0 Å². The molecule has 0 bridgehead atoms. The van der Waals surface area contributed by atoms with Crippen molar-refractivity contribution in [2.45, 2.75) is 31.9 Å². The third-order valence-corrected chi connectivity index (χ3v) is 6.45. The summed E-state index contributed by atoms with van der Waals surface area (Å²) in [5.74, 6) is 0. The zero-order chi connectivity index (χ0) is 15.5. The van der Waals surface area contributed by atoms with Gasteiger partial charge in [0.25, 0.3) is 0 Å². The molecule has 4 nitrogen and oxygen atoms in total. The molecule has 6 heteroatoms. The van der Waals surface area contributed by atoms with E-state index in [1.807, 2.05) is 18.3 Å². The average Bonchev–Trinajstić information content (AvgIpc) is 3.06. The van der Waals surface area contributed by atoms with Crippen LogP contribution in [0, 0.1) is 6.92 Å². The Bertz CT molecular complexity index is 561. The van der Waals surface area contributed by atoms with Crippen LogP contribution in [0.5, 0.6) is 0 Å². The first-order valence-electron chi connectivity index (χ1n) is 7.90. The molecule has 1 aromatic heterocycles. The van der Waals surface area contributed by atoms with Gasteiger partial charge in [0.05, 0.1) is 10.9 Å². The third kappa shape index (κ3) is 3.73. The molecule has 2 aliphatic heterocycles. The summed E-state index contributed by atoms with van der Waals surface area (Å²) in [6.45, 7) is 9.83. The number of hydrogen-bond acceptors (Lipinski definition) is 5. The fraction of sp³-hybridized carbons (Fsp3) is 0.625. The van der Waals surface area contributed by atoms with Gasteiger partial charge in [-0.3, -0.25) is 9.69 Å². The fourth-order valence-electron chi connectivity index (χ4n) is 3.14. The number of aryl methyl sites for hydroxylation is 1. The number of amides is 1. The Morgan fingerprint density at radius 3 is 2.64 bits per heavy atom. The monoisotopic (exact) mass is 337 g/mol. The highest BCUT2D eigenvalue weighted by Gasteiger charge is 2.24. The maximum atomic E-state index is 11.3. The summed E-state index contributed by atoms with van der Waals surface area (Å²) in [6, 6.07) is 2.24. The van der Waals surface area contributed by atoms with Crippen molar-refractivity contribution < 1.29 is 4.79 Å². The largest absolute Gasteiger partial charge is 0.368 e. The van der Waals surface area contributed by atoms with Gasteiger partial charge in [-0.2, -0.15) is 0 Å². The number of rotatable bonds is 5. The Morgan fingerprint density at radius 2 is 2.05 bits per heavy atom. The Kier molecular flexibility index (Phi) is 5.21. The number of nitrogens with zero attached hydrogens (tertiary/aromatic N) is 3. The van der Waals surface area contributed by atoms with Gasteiger partial charge in [-0.1, -0.05) is 11.8 Å². The minimum Gasteiger partial charge on any atom is -0.368 e. The Balaban J connectivity index is 1.39. The number of hydrogen-bond donors (Lipinski definition) is 0. The predicted molar refractivity (Wildman–Crippen MR) is 96.8 cm³/mol. The molecule has 3 heterocycles. The van der Waals surface area contributed by atoms with Gasteiger partial charge in [-0.25, -0.2) is 4.99 Å². The molecule has 120 valence electrons. The first-order valence-corrected chi connectivity index (χ1v) is 9.66. The lowest BCUT2D eigenvalue weighted by atomic mass is 10.1.